The Labute approximate surface area is 119 Å². The minimum absolute atomic E-state index is 0.937. The second-order valence-corrected chi connectivity index (χ2v) is 2.18. The number of imide groups is 2. The fourth-order valence-corrected chi connectivity index (χ4v) is 0.243. The summed E-state index contributed by atoms with van der Waals surface area (Å²) in [6, 6.07) is -3.75. The highest BCUT2D eigenvalue weighted by Gasteiger charge is 1.92. The summed E-state index contributed by atoms with van der Waals surface area (Å²) in [6.45, 7) is 0. The Hall–Kier alpha value is -4.12. The van der Waals surface area contributed by atoms with E-state index in [4.69, 9.17) is 30.6 Å². The zero-order valence-electron chi connectivity index (χ0n) is 10.4. The van der Waals surface area contributed by atoms with Crippen LogP contribution in [0.3, 0.4) is 0 Å². The number of hydrogen-bond acceptors (Lipinski definition) is 8. The largest absolute Gasteiger partial charge is 0.351 e. The van der Waals surface area contributed by atoms with E-state index in [0.29, 0.717) is 0 Å². The standard InChI is InChI=1S/2C2H5N3O2.2HNO3/c2*3-1(6)5-2(4)7;2*2-1(3)4/h2*(H5,3,4,5,6,7);2*(H,2,3,4). The molecular weight excluding hydrogens is 320 g/mol. The molecule has 0 aromatic rings. The van der Waals surface area contributed by atoms with Gasteiger partial charge in [0.25, 0.3) is 10.2 Å². The third-order valence-electron chi connectivity index (χ3n) is 0.493. The number of carbonyl (C=O) groups excluding carboxylic acids is 4. The monoisotopic (exact) mass is 332 g/mol. The number of carbonyl (C=O) groups is 4. The van der Waals surface area contributed by atoms with E-state index >= 15 is 0 Å². The minimum Gasteiger partial charge on any atom is -0.351 e. The molecule has 0 aliphatic heterocycles. The van der Waals surface area contributed by atoms with Gasteiger partial charge in [0.2, 0.25) is 0 Å². The first-order chi connectivity index (χ1) is 9.72. The quantitative estimate of drug-likeness (QED) is 0.162. The second kappa shape index (κ2) is 16.9. The molecule has 18 heteroatoms. The smallest absolute Gasteiger partial charge is 0.320 e. The Morgan fingerprint density at radius 1 is 0.682 bits per heavy atom. The SMILES string of the molecule is NC(=O)NC(N)=O.NC(=O)NC(N)=O.O=[N+]([O-])O.O=[N+]([O-])O. The third-order valence-corrected chi connectivity index (χ3v) is 0.493. The van der Waals surface area contributed by atoms with Crippen molar-refractivity contribution >= 4 is 24.1 Å². The lowest BCUT2D eigenvalue weighted by atomic mass is 10.9. The van der Waals surface area contributed by atoms with E-state index in [1.807, 2.05) is 0 Å². The molecule has 0 aromatic carbocycles. The molecular formula is C4H12N8O10. The summed E-state index contributed by atoms with van der Waals surface area (Å²) in [7, 11) is 0. The molecule has 0 fully saturated rings. The summed E-state index contributed by atoms with van der Waals surface area (Å²) in [5.74, 6) is 0. The van der Waals surface area contributed by atoms with E-state index in [0.717, 1.165) is 0 Å². The molecule has 0 aromatic heterocycles. The van der Waals surface area contributed by atoms with E-state index in [2.05, 4.69) is 22.9 Å². The number of urea groups is 4. The van der Waals surface area contributed by atoms with Gasteiger partial charge >= 0.3 is 24.1 Å². The third kappa shape index (κ3) is 234. The lowest BCUT2D eigenvalue weighted by molar-refractivity contribution is -0.742. The van der Waals surface area contributed by atoms with E-state index in [9.17, 15) is 19.2 Å². The van der Waals surface area contributed by atoms with Gasteiger partial charge in [-0.25, -0.2) is 19.2 Å². The minimum atomic E-state index is -1.50. The van der Waals surface area contributed by atoms with Crippen LogP contribution in [0.15, 0.2) is 0 Å². The number of nitrogens with zero attached hydrogens (tertiary/aromatic N) is 2. The maximum absolute atomic E-state index is 9.62. The summed E-state index contributed by atoms with van der Waals surface area (Å²) in [4.78, 5) is 55.2. The van der Waals surface area contributed by atoms with Gasteiger partial charge in [0.05, 0.1) is 0 Å². The Kier molecular flexibility index (Phi) is 20.3. The molecule has 0 spiro atoms. The van der Waals surface area contributed by atoms with Crippen molar-refractivity contribution in [2.24, 2.45) is 22.9 Å². The number of amides is 8. The number of primary amides is 4. The lowest BCUT2D eigenvalue weighted by Crippen LogP contribution is -2.38. The fraction of sp³-hybridized carbons (Fsp3) is 0. The van der Waals surface area contributed by atoms with Gasteiger partial charge in [0.1, 0.15) is 0 Å². The average molecular weight is 332 g/mol. The number of nitrogens with one attached hydrogen (secondary N) is 2. The van der Waals surface area contributed by atoms with Crippen LogP contribution in [-0.2, 0) is 0 Å². The average Bonchev–Trinajstić information content (AvgIpc) is 2.10. The Balaban J connectivity index is -0.000000102. The van der Waals surface area contributed by atoms with Crippen molar-refractivity contribution in [2.45, 2.75) is 0 Å². The molecule has 0 atom stereocenters. The van der Waals surface area contributed by atoms with Gasteiger partial charge in [-0.1, -0.05) is 0 Å². The zero-order chi connectivity index (χ0) is 18.9. The van der Waals surface area contributed by atoms with E-state index in [1.54, 1.807) is 10.6 Å². The molecule has 0 saturated carbocycles. The number of nitrogens with two attached hydrogens (primary N) is 4. The molecule has 8 amide bonds. The van der Waals surface area contributed by atoms with Crippen molar-refractivity contribution in [1.82, 2.24) is 10.6 Å². The predicted octanol–water partition coefficient (Wildman–Crippen LogP) is -3.23. The molecule has 12 N–H and O–H groups in total. The van der Waals surface area contributed by atoms with Crippen LogP contribution in [0.5, 0.6) is 0 Å². The Morgan fingerprint density at radius 2 is 0.773 bits per heavy atom. The highest BCUT2D eigenvalue weighted by Crippen LogP contribution is 1.52. The molecule has 0 heterocycles. The van der Waals surface area contributed by atoms with Gasteiger partial charge in [-0.15, -0.1) is 20.2 Å². The molecule has 0 radical (unpaired) electrons. The first-order valence-electron chi connectivity index (χ1n) is 4.10. The molecule has 18 nitrogen and oxygen atoms in total. The van der Waals surface area contributed by atoms with Gasteiger partial charge in [-0.3, -0.25) is 10.6 Å². The summed E-state index contributed by atoms with van der Waals surface area (Å²) in [6.07, 6.45) is 0. The molecule has 0 aliphatic rings. The van der Waals surface area contributed by atoms with Crippen LogP contribution in [0.4, 0.5) is 19.2 Å². The first kappa shape index (κ1) is 26.4. The topological polar surface area (TPSA) is 323 Å². The Morgan fingerprint density at radius 3 is 0.773 bits per heavy atom. The van der Waals surface area contributed by atoms with E-state index in [1.165, 1.54) is 0 Å². The van der Waals surface area contributed by atoms with Crippen molar-refractivity contribution in [1.29, 1.82) is 0 Å². The lowest BCUT2D eigenvalue weighted by Gasteiger charge is -1.88. The molecule has 0 rings (SSSR count). The summed E-state index contributed by atoms with van der Waals surface area (Å²) in [5, 5.41) is 30.4. The molecule has 0 saturated heterocycles. The van der Waals surface area contributed by atoms with Crippen LogP contribution < -0.4 is 33.6 Å². The van der Waals surface area contributed by atoms with Crippen molar-refractivity contribution in [3.05, 3.63) is 20.2 Å². The molecule has 0 unspecified atom stereocenters. The van der Waals surface area contributed by atoms with Crippen molar-refractivity contribution in [2.75, 3.05) is 0 Å². The molecule has 128 valence electrons. The maximum atomic E-state index is 9.62. The van der Waals surface area contributed by atoms with E-state index in [-0.39, 0.29) is 0 Å². The summed E-state index contributed by atoms with van der Waals surface area (Å²) < 4.78 is 0. The van der Waals surface area contributed by atoms with Crippen LogP contribution in [-0.4, -0.2) is 44.7 Å². The summed E-state index contributed by atoms with van der Waals surface area (Å²) in [5.41, 5.74) is 17.8. The van der Waals surface area contributed by atoms with Gasteiger partial charge in [-0.05, 0) is 0 Å². The molecule has 0 bridgehead atoms. The first-order valence-corrected chi connectivity index (χ1v) is 4.10. The van der Waals surface area contributed by atoms with Gasteiger partial charge in [0, 0.05) is 0 Å². The fourth-order valence-electron chi connectivity index (χ4n) is 0.243. The predicted molar refractivity (Wildman–Crippen MR) is 62.2 cm³/mol. The molecule has 0 aliphatic carbocycles. The van der Waals surface area contributed by atoms with Crippen LogP contribution in [0, 0.1) is 20.2 Å². The van der Waals surface area contributed by atoms with Crippen LogP contribution >= 0.6 is 0 Å². The number of rotatable bonds is 0. The molecule has 22 heavy (non-hydrogen) atoms. The van der Waals surface area contributed by atoms with Gasteiger partial charge in [-0.2, -0.15) is 0 Å². The van der Waals surface area contributed by atoms with Gasteiger partial charge < -0.3 is 33.3 Å². The van der Waals surface area contributed by atoms with Crippen molar-refractivity contribution < 1.29 is 39.8 Å². The highest BCUT2D eigenvalue weighted by molar-refractivity contribution is 5.91. The van der Waals surface area contributed by atoms with Crippen molar-refractivity contribution in [3.63, 3.8) is 0 Å². The van der Waals surface area contributed by atoms with Crippen LogP contribution in [0.2, 0.25) is 0 Å². The Bertz CT molecular complexity index is 338. The van der Waals surface area contributed by atoms with Crippen molar-refractivity contribution in [3.8, 4) is 0 Å². The maximum Gasteiger partial charge on any atom is 0.320 e. The second-order valence-electron chi connectivity index (χ2n) is 2.18. The number of hydrogen-bond donors (Lipinski definition) is 8. The van der Waals surface area contributed by atoms with Crippen LogP contribution in [0.25, 0.3) is 0 Å². The van der Waals surface area contributed by atoms with E-state index < -0.39 is 34.3 Å². The van der Waals surface area contributed by atoms with Gasteiger partial charge in [0.15, 0.2) is 0 Å². The normalized spacial score (nSPS) is 6.91. The highest BCUT2D eigenvalue weighted by atomic mass is 16.9. The van der Waals surface area contributed by atoms with Crippen LogP contribution in [0.1, 0.15) is 0 Å². The zero-order valence-corrected chi connectivity index (χ0v) is 10.4. The summed E-state index contributed by atoms with van der Waals surface area (Å²) >= 11 is 0.